The van der Waals surface area contributed by atoms with Crippen molar-refractivity contribution in [2.75, 3.05) is 18.6 Å². The Kier molecular flexibility index (Phi) is 6.65. The molecule has 0 heterocycles. The molecule has 0 aromatic heterocycles. The van der Waals surface area contributed by atoms with Crippen LogP contribution in [0.2, 0.25) is 0 Å². The molecule has 1 N–H and O–H groups in total. The van der Waals surface area contributed by atoms with Crippen molar-refractivity contribution in [3.05, 3.63) is 64.7 Å². The van der Waals surface area contributed by atoms with Crippen molar-refractivity contribution in [1.82, 2.24) is 0 Å². The molecule has 0 aliphatic heterocycles. The van der Waals surface area contributed by atoms with E-state index >= 15 is 0 Å². The van der Waals surface area contributed by atoms with Crippen molar-refractivity contribution >= 4 is 23.8 Å². The van der Waals surface area contributed by atoms with Crippen molar-refractivity contribution in [3.8, 4) is 0 Å². The number of rotatable bonds is 7. The Hall–Kier alpha value is -3.15. The number of hydrogen-bond acceptors (Lipinski definition) is 4. The largest absolute Gasteiger partial charge is 0.481 e. The standard InChI is InChI=1S/C23H26N2O4/c1-3-29-24-15-16-5-10-21(11-6-16)25(2)23(28)19-9-8-18-7-4-17(13-22(26)27)12-20(18)14-19/h5-6,8-11,14-15,17H,3-4,7,12-13H2,1-2H3,(H,26,27). The van der Waals surface area contributed by atoms with Gasteiger partial charge in [-0.15, -0.1) is 0 Å². The van der Waals surface area contributed by atoms with E-state index in [2.05, 4.69) is 5.16 Å². The number of carboxylic acids is 1. The molecule has 0 bridgehead atoms. The van der Waals surface area contributed by atoms with Crippen LogP contribution in [-0.4, -0.2) is 36.9 Å². The van der Waals surface area contributed by atoms with E-state index in [1.165, 1.54) is 5.56 Å². The van der Waals surface area contributed by atoms with Crippen molar-refractivity contribution in [2.24, 2.45) is 11.1 Å². The molecule has 0 saturated heterocycles. The highest BCUT2D eigenvalue weighted by Gasteiger charge is 2.23. The minimum absolute atomic E-state index is 0.0936. The van der Waals surface area contributed by atoms with E-state index in [0.29, 0.717) is 18.6 Å². The van der Waals surface area contributed by atoms with Crippen LogP contribution < -0.4 is 4.90 Å². The highest BCUT2D eigenvalue weighted by atomic mass is 16.6. The fourth-order valence-corrected chi connectivity index (χ4v) is 3.65. The fourth-order valence-electron chi connectivity index (χ4n) is 3.65. The van der Waals surface area contributed by atoms with E-state index < -0.39 is 5.97 Å². The van der Waals surface area contributed by atoms with Crippen molar-refractivity contribution in [2.45, 2.75) is 32.6 Å². The molecule has 2 aromatic rings. The van der Waals surface area contributed by atoms with Crippen LogP contribution in [0.15, 0.2) is 47.6 Å². The van der Waals surface area contributed by atoms with Gasteiger partial charge in [-0.2, -0.15) is 0 Å². The van der Waals surface area contributed by atoms with Crippen LogP contribution in [0.5, 0.6) is 0 Å². The van der Waals surface area contributed by atoms with Gasteiger partial charge in [0.15, 0.2) is 0 Å². The van der Waals surface area contributed by atoms with E-state index in [-0.39, 0.29) is 18.2 Å². The first-order chi connectivity index (χ1) is 14.0. The van der Waals surface area contributed by atoms with E-state index in [1.54, 1.807) is 18.2 Å². The minimum Gasteiger partial charge on any atom is -0.481 e. The number of carbonyl (C=O) groups is 2. The third kappa shape index (κ3) is 5.22. The molecule has 1 amide bonds. The molecule has 29 heavy (non-hydrogen) atoms. The number of carboxylic acid groups (broad SMARTS) is 1. The highest BCUT2D eigenvalue weighted by molar-refractivity contribution is 6.06. The summed E-state index contributed by atoms with van der Waals surface area (Å²) < 4.78 is 0. The Morgan fingerprint density at radius 1 is 1.21 bits per heavy atom. The van der Waals surface area contributed by atoms with Gasteiger partial charge in [-0.1, -0.05) is 23.4 Å². The van der Waals surface area contributed by atoms with Crippen LogP contribution in [0, 0.1) is 5.92 Å². The van der Waals surface area contributed by atoms with Crippen LogP contribution in [-0.2, 0) is 22.5 Å². The molecule has 0 fully saturated rings. The zero-order valence-corrected chi connectivity index (χ0v) is 16.8. The Morgan fingerprint density at radius 2 is 1.97 bits per heavy atom. The van der Waals surface area contributed by atoms with Crippen molar-refractivity contribution in [1.29, 1.82) is 0 Å². The number of nitrogens with zero attached hydrogens (tertiary/aromatic N) is 2. The SMILES string of the molecule is CCON=Cc1ccc(N(C)C(=O)c2ccc3c(c2)CC(CC(=O)O)CC3)cc1. The monoisotopic (exact) mass is 394 g/mol. The van der Waals surface area contributed by atoms with Gasteiger partial charge in [0.1, 0.15) is 6.61 Å². The first kappa shape index (κ1) is 20.6. The summed E-state index contributed by atoms with van der Waals surface area (Å²) in [4.78, 5) is 30.6. The molecule has 1 unspecified atom stereocenters. The van der Waals surface area contributed by atoms with E-state index in [0.717, 1.165) is 29.7 Å². The molecule has 3 rings (SSSR count). The van der Waals surface area contributed by atoms with Crippen LogP contribution >= 0.6 is 0 Å². The van der Waals surface area contributed by atoms with Crippen LogP contribution in [0.4, 0.5) is 5.69 Å². The summed E-state index contributed by atoms with van der Waals surface area (Å²) in [5, 5.41) is 12.9. The lowest BCUT2D eigenvalue weighted by Crippen LogP contribution is -2.27. The maximum absolute atomic E-state index is 13.0. The predicted molar refractivity (Wildman–Crippen MR) is 113 cm³/mol. The number of anilines is 1. The average molecular weight is 394 g/mol. The van der Waals surface area contributed by atoms with Gasteiger partial charge in [-0.25, -0.2) is 0 Å². The van der Waals surface area contributed by atoms with Gasteiger partial charge in [0, 0.05) is 24.7 Å². The third-order valence-corrected chi connectivity index (χ3v) is 5.24. The Morgan fingerprint density at radius 3 is 2.66 bits per heavy atom. The lowest BCUT2D eigenvalue weighted by molar-refractivity contribution is -0.138. The second-order valence-corrected chi connectivity index (χ2v) is 7.30. The van der Waals surface area contributed by atoms with E-state index in [1.807, 2.05) is 49.4 Å². The van der Waals surface area contributed by atoms with Crippen molar-refractivity contribution < 1.29 is 19.5 Å². The summed E-state index contributed by atoms with van der Waals surface area (Å²) >= 11 is 0. The molecular formula is C23H26N2O4. The third-order valence-electron chi connectivity index (χ3n) is 5.24. The summed E-state index contributed by atoms with van der Waals surface area (Å²) in [6.45, 7) is 2.39. The molecule has 1 aliphatic rings. The highest BCUT2D eigenvalue weighted by Crippen LogP contribution is 2.29. The Balaban J connectivity index is 1.72. The molecule has 0 spiro atoms. The lowest BCUT2D eigenvalue weighted by Gasteiger charge is -2.24. The molecule has 0 radical (unpaired) electrons. The zero-order valence-electron chi connectivity index (χ0n) is 16.8. The molecule has 0 saturated carbocycles. The minimum atomic E-state index is -0.764. The molecule has 152 valence electrons. The second kappa shape index (κ2) is 9.37. The number of aliphatic carboxylic acids is 1. The van der Waals surface area contributed by atoms with Gasteiger partial charge in [0.05, 0.1) is 6.21 Å². The maximum Gasteiger partial charge on any atom is 0.303 e. The second-order valence-electron chi connectivity index (χ2n) is 7.30. The number of fused-ring (bicyclic) bond motifs is 1. The van der Waals surface area contributed by atoms with Crippen molar-refractivity contribution in [3.63, 3.8) is 0 Å². The normalized spacial score (nSPS) is 15.7. The average Bonchev–Trinajstić information content (AvgIpc) is 2.72. The molecule has 1 aliphatic carbocycles. The number of amides is 1. The smallest absolute Gasteiger partial charge is 0.303 e. The first-order valence-corrected chi connectivity index (χ1v) is 9.85. The fraction of sp³-hybridized carbons (Fsp3) is 0.348. The summed E-state index contributed by atoms with van der Waals surface area (Å²) in [7, 11) is 1.75. The molecule has 6 heteroatoms. The summed E-state index contributed by atoms with van der Waals surface area (Å²) in [5.74, 6) is -0.724. The summed E-state index contributed by atoms with van der Waals surface area (Å²) in [6.07, 6.45) is 4.26. The van der Waals surface area contributed by atoms with E-state index in [9.17, 15) is 9.59 Å². The maximum atomic E-state index is 13.0. The predicted octanol–water partition coefficient (Wildman–Crippen LogP) is 3.91. The van der Waals surface area contributed by atoms with Crippen LogP contribution in [0.3, 0.4) is 0 Å². The first-order valence-electron chi connectivity index (χ1n) is 9.85. The number of carbonyl (C=O) groups excluding carboxylic acids is 1. The number of hydrogen-bond donors (Lipinski definition) is 1. The molecule has 6 nitrogen and oxygen atoms in total. The topological polar surface area (TPSA) is 79.2 Å². The molecule has 2 aromatic carbocycles. The number of oxime groups is 1. The molecule has 1 atom stereocenters. The van der Waals surface area contributed by atoms with Gasteiger partial charge in [-0.3, -0.25) is 9.59 Å². The quantitative estimate of drug-likeness (QED) is 0.570. The molecular weight excluding hydrogens is 368 g/mol. The Labute approximate surface area is 170 Å². The van der Waals surface area contributed by atoms with Gasteiger partial charge in [0.25, 0.3) is 5.91 Å². The summed E-state index contributed by atoms with van der Waals surface area (Å²) in [6, 6.07) is 13.3. The van der Waals surface area contributed by atoms with E-state index in [4.69, 9.17) is 9.94 Å². The number of aryl methyl sites for hydroxylation is 1. The van der Waals surface area contributed by atoms with Gasteiger partial charge < -0.3 is 14.8 Å². The lowest BCUT2D eigenvalue weighted by atomic mass is 9.81. The zero-order chi connectivity index (χ0) is 20.8. The van der Waals surface area contributed by atoms with Gasteiger partial charge in [-0.05, 0) is 73.1 Å². The summed E-state index contributed by atoms with van der Waals surface area (Å²) in [5.41, 5.74) is 4.59. The van der Waals surface area contributed by atoms with Crippen LogP contribution in [0.1, 0.15) is 46.8 Å². The van der Waals surface area contributed by atoms with Gasteiger partial charge >= 0.3 is 5.97 Å². The number of benzene rings is 2. The Bertz CT molecular complexity index is 906. The van der Waals surface area contributed by atoms with Crippen LogP contribution in [0.25, 0.3) is 0 Å². The van der Waals surface area contributed by atoms with Gasteiger partial charge in [0.2, 0.25) is 0 Å².